The van der Waals surface area contributed by atoms with Crippen molar-refractivity contribution in [3.63, 3.8) is 0 Å². The zero-order chi connectivity index (χ0) is 23.4. The van der Waals surface area contributed by atoms with E-state index in [0.29, 0.717) is 11.4 Å². The summed E-state index contributed by atoms with van der Waals surface area (Å²) in [7, 11) is 2.16. The molecule has 7 nitrogen and oxygen atoms in total. The van der Waals surface area contributed by atoms with E-state index < -0.39 is 5.97 Å². The van der Waals surface area contributed by atoms with Crippen molar-refractivity contribution in [3.8, 4) is 10.6 Å². The third-order valence-electron chi connectivity index (χ3n) is 5.58. The monoisotopic (exact) mass is 484 g/mol. The van der Waals surface area contributed by atoms with Crippen molar-refractivity contribution < 1.29 is 14.7 Å². The topological polar surface area (TPSA) is 85.8 Å². The van der Waals surface area contributed by atoms with Crippen LogP contribution in [-0.4, -0.2) is 65.0 Å². The minimum absolute atomic E-state index is 0.0542. The van der Waals surface area contributed by atoms with Crippen LogP contribution in [0.25, 0.3) is 10.6 Å². The number of rotatable bonds is 7. The first-order valence-corrected chi connectivity index (χ1v) is 11.9. The Balaban J connectivity index is 1.34. The Hall–Kier alpha value is -2.78. The number of benzene rings is 2. The molecule has 2 aromatic carbocycles. The van der Waals surface area contributed by atoms with Crippen molar-refractivity contribution in [3.05, 3.63) is 69.7 Å². The molecule has 0 radical (unpaired) electrons. The van der Waals surface area contributed by atoms with Gasteiger partial charge < -0.3 is 15.3 Å². The first-order chi connectivity index (χ1) is 15.9. The summed E-state index contributed by atoms with van der Waals surface area (Å²) < 4.78 is 0. The van der Waals surface area contributed by atoms with Crippen LogP contribution >= 0.6 is 22.9 Å². The molecular weight excluding hydrogens is 460 g/mol. The lowest BCUT2D eigenvalue weighted by Gasteiger charge is -2.32. The number of aromatic carboxylic acids is 1. The van der Waals surface area contributed by atoms with Gasteiger partial charge in [-0.25, -0.2) is 9.78 Å². The zero-order valence-electron chi connectivity index (χ0n) is 18.3. The fourth-order valence-corrected chi connectivity index (χ4v) is 4.70. The standard InChI is InChI=1S/C24H25ClN4O3S/c1-28-8-10-29(11-9-28)14-16-2-4-17(5-3-16)23-27-19(15-33-23)13-22(30)26-18-6-7-21(25)20(12-18)24(31)32/h2-7,12,15H,8-11,13-14H2,1H3,(H,26,30)(H,31,32). The Morgan fingerprint density at radius 2 is 1.85 bits per heavy atom. The lowest BCUT2D eigenvalue weighted by Crippen LogP contribution is -2.43. The molecule has 0 bridgehead atoms. The van der Waals surface area contributed by atoms with Crippen molar-refractivity contribution >= 4 is 40.5 Å². The second-order valence-electron chi connectivity index (χ2n) is 8.15. The average molecular weight is 485 g/mol. The summed E-state index contributed by atoms with van der Waals surface area (Å²) in [5.74, 6) is -1.41. The smallest absolute Gasteiger partial charge is 0.337 e. The van der Waals surface area contributed by atoms with E-state index >= 15 is 0 Å². The highest BCUT2D eigenvalue weighted by atomic mass is 35.5. The van der Waals surface area contributed by atoms with Crippen molar-refractivity contribution in [1.29, 1.82) is 0 Å². The number of aromatic nitrogens is 1. The van der Waals surface area contributed by atoms with Crippen molar-refractivity contribution in [2.45, 2.75) is 13.0 Å². The third kappa shape index (κ3) is 6.17. The van der Waals surface area contributed by atoms with Crippen LogP contribution in [0.5, 0.6) is 0 Å². The number of carbonyl (C=O) groups is 2. The number of nitrogens with zero attached hydrogens (tertiary/aromatic N) is 3. The van der Waals surface area contributed by atoms with Crippen LogP contribution < -0.4 is 5.32 Å². The number of amides is 1. The molecule has 1 aromatic heterocycles. The molecule has 9 heteroatoms. The molecule has 2 N–H and O–H groups in total. The van der Waals surface area contributed by atoms with Gasteiger partial charge >= 0.3 is 5.97 Å². The summed E-state index contributed by atoms with van der Waals surface area (Å²) in [5, 5.41) is 14.7. The van der Waals surface area contributed by atoms with Gasteiger partial charge in [0.15, 0.2) is 0 Å². The van der Waals surface area contributed by atoms with E-state index in [1.165, 1.54) is 29.0 Å². The molecule has 4 rings (SSSR count). The van der Waals surface area contributed by atoms with Gasteiger partial charge in [0.1, 0.15) is 5.01 Å². The quantitative estimate of drug-likeness (QED) is 0.525. The summed E-state index contributed by atoms with van der Waals surface area (Å²) in [6, 6.07) is 12.8. The molecule has 1 amide bonds. The molecule has 1 aliphatic heterocycles. The molecule has 0 spiro atoms. The molecule has 0 atom stereocenters. The number of thiazole rings is 1. The van der Waals surface area contributed by atoms with E-state index in [9.17, 15) is 9.59 Å². The molecule has 0 saturated carbocycles. The molecule has 172 valence electrons. The molecule has 0 aliphatic carbocycles. The highest BCUT2D eigenvalue weighted by Crippen LogP contribution is 2.25. The van der Waals surface area contributed by atoms with Gasteiger partial charge in [-0.15, -0.1) is 11.3 Å². The fraction of sp³-hybridized carbons (Fsp3) is 0.292. The maximum Gasteiger partial charge on any atom is 0.337 e. The minimum Gasteiger partial charge on any atom is -0.478 e. The van der Waals surface area contributed by atoms with E-state index in [1.807, 2.05) is 5.38 Å². The summed E-state index contributed by atoms with van der Waals surface area (Å²) in [6.45, 7) is 5.33. The normalized spacial score (nSPS) is 14.8. The largest absolute Gasteiger partial charge is 0.478 e. The number of carboxylic acid groups (broad SMARTS) is 1. The zero-order valence-corrected chi connectivity index (χ0v) is 19.8. The van der Waals surface area contributed by atoms with Crippen molar-refractivity contribution in [2.24, 2.45) is 0 Å². The average Bonchev–Trinajstić information content (AvgIpc) is 3.25. The van der Waals surface area contributed by atoms with Gasteiger partial charge in [-0.05, 0) is 30.8 Å². The van der Waals surface area contributed by atoms with Gasteiger partial charge in [0.2, 0.25) is 5.91 Å². The molecule has 3 aromatic rings. The first-order valence-electron chi connectivity index (χ1n) is 10.6. The van der Waals surface area contributed by atoms with E-state index in [1.54, 1.807) is 6.07 Å². The van der Waals surface area contributed by atoms with Gasteiger partial charge in [0, 0.05) is 49.4 Å². The molecule has 2 heterocycles. The van der Waals surface area contributed by atoms with Gasteiger partial charge in [-0.2, -0.15) is 0 Å². The summed E-state index contributed by atoms with van der Waals surface area (Å²) in [6.07, 6.45) is 0.100. The number of hydrogen-bond donors (Lipinski definition) is 2. The van der Waals surface area contributed by atoms with Crippen LogP contribution in [-0.2, 0) is 17.8 Å². The van der Waals surface area contributed by atoms with Crippen LogP contribution in [0.2, 0.25) is 5.02 Å². The second kappa shape index (κ2) is 10.4. The van der Waals surface area contributed by atoms with Gasteiger partial charge in [0.05, 0.1) is 22.7 Å². The number of hydrogen-bond acceptors (Lipinski definition) is 6. The SMILES string of the molecule is CN1CCN(Cc2ccc(-c3nc(CC(=O)Nc4ccc(Cl)c(C(=O)O)c4)cs3)cc2)CC1. The third-order valence-corrected chi connectivity index (χ3v) is 6.85. The summed E-state index contributed by atoms with van der Waals surface area (Å²) in [5.41, 5.74) is 3.30. The highest BCUT2D eigenvalue weighted by molar-refractivity contribution is 7.13. The van der Waals surface area contributed by atoms with E-state index in [-0.39, 0.29) is 22.9 Å². The fourth-order valence-electron chi connectivity index (χ4n) is 3.67. The van der Waals surface area contributed by atoms with Crippen LogP contribution in [0.3, 0.4) is 0 Å². The molecule has 0 unspecified atom stereocenters. The lowest BCUT2D eigenvalue weighted by molar-refractivity contribution is -0.115. The van der Waals surface area contributed by atoms with Crippen LogP contribution in [0.15, 0.2) is 47.8 Å². The predicted octanol–water partition coefficient (Wildman–Crippen LogP) is 4.09. The minimum atomic E-state index is -1.14. The maximum atomic E-state index is 12.4. The Morgan fingerprint density at radius 1 is 1.12 bits per heavy atom. The van der Waals surface area contributed by atoms with Crippen LogP contribution in [0.1, 0.15) is 21.6 Å². The first kappa shape index (κ1) is 23.4. The number of carbonyl (C=O) groups excluding carboxylic acids is 1. The number of halogens is 1. The van der Waals surface area contributed by atoms with Gasteiger partial charge in [0.25, 0.3) is 0 Å². The number of likely N-dealkylation sites (N-methyl/N-ethyl adjacent to an activating group) is 1. The summed E-state index contributed by atoms with van der Waals surface area (Å²) >= 11 is 7.37. The Labute approximate surface area is 201 Å². The number of nitrogens with one attached hydrogen (secondary N) is 1. The van der Waals surface area contributed by atoms with Gasteiger partial charge in [-0.1, -0.05) is 35.9 Å². The number of anilines is 1. The van der Waals surface area contributed by atoms with Crippen LogP contribution in [0, 0.1) is 0 Å². The predicted molar refractivity (Wildman–Crippen MR) is 131 cm³/mol. The van der Waals surface area contributed by atoms with Crippen molar-refractivity contribution in [2.75, 3.05) is 38.5 Å². The lowest BCUT2D eigenvalue weighted by atomic mass is 10.1. The molecular formula is C24H25ClN4O3S. The second-order valence-corrected chi connectivity index (χ2v) is 9.41. The van der Waals surface area contributed by atoms with E-state index in [0.717, 1.165) is 43.3 Å². The van der Waals surface area contributed by atoms with Crippen LogP contribution in [0.4, 0.5) is 5.69 Å². The maximum absolute atomic E-state index is 12.4. The molecule has 33 heavy (non-hydrogen) atoms. The molecule has 1 fully saturated rings. The Morgan fingerprint density at radius 3 is 2.55 bits per heavy atom. The molecule has 1 saturated heterocycles. The van der Waals surface area contributed by atoms with E-state index in [2.05, 4.69) is 51.4 Å². The van der Waals surface area contributed by atoms with E-state index in [4.69, 9.17) is 16.7 Å². The number of piperazine rings is 1. The Kier molecular flexibility index (Phi) is 7.39. The van der Waals surface area contributed by atoms with Crippen molar-refractivity contribution in [1.82, 2.24) is 14.8 Å². The number of carboxylic acids is 1. The molecule has 1 aliphatic rings. The summed E-state index contributed by atoms with van der Waals surface area (Å²) in [4.78, 5) is 33.0. The Bertz CT molecular complexity index is 1140. The van der Waals surface area contributed by atoms with Gasteiger partial charge in [-0.3, -0.25) is 9.69 Å². The highest BCUT2D eigenvalue weighted by Gasteiger charge is 2.15.